The molecule has 0 saturated heterocycles. The number of ether oxygens (including phenoxy) is 1. The zero-order valence-electron chi connectivity index (χ0n) is 9.58. The van der Waals surface area contributed by atoms with Crippen molar-refractivity contribution in [3.63, 3.8) is 0 Å². The van der Waals surface area contributed by atoms with Crippen molar-refractivity contribution in [1.82, 2.24) is 20.2 Å². The predicted octanol–water partition coefficient (Wildman–Crippen LogP) is 1.84. The molecular formula is C11H14N4O. The number of benzene rings is 1. The van der Waals surface area contributed by atoms with Gasteiger partial charge in [0.2, 0.25) is 0 Å². The second kappa shape index (κ2) is 3.92. The fraction of sp³-hybridized carbons (Fsp3) is 0.364. The zero-order valence-corrected chi connectivity index (χ0v) is 9.58. The summed E-state index contributed by atoms with van der Waals surface area (Å²) in [6.45, 7) is 6.03. The topological polar surface area (TPSA) is 52.8 Å². The van der Waals surface area contributed by atoms with Crippen molar-refractivity contribution in [1.29, 1.82) is 0 Å². The van der Waals surface area contributed by atoms with Gasteiger partial charge < -0.3 is 4.74 Å². The molecule has 1 aromatic carbocycles. The first-order chi connectivity index (χ1) is 7.54. The SMILES string of the molecule is CC(C)(C)Oc1cccc(-n2cnnn2)c1. The van der Waals surface area contributed by atoms with Crippen molar-refractivity contribution in [3.8, 4) is 11.4 Å². The minimum Gasteiger partial charge on any atom is -0.488 e. The molecule has 16 heavy (non-hydrogen) atoms. The summed E-state index contributed by atoms with van der Waals surface area (Å²) in [5.41, 5.74) is 0.672. The van der Waals surface area contributed by atoms with Gasteiger partial charge in [0.05, 0.1) is 5.69 Å². The number of rotatable bonds is 2. The van der Waals surface area contributed by atoms with E-state index in [4.69, 9.17) is 4.74 Å². The molecule has 0 aliphatic rings. The normalized spacial score (nSPS) is 11.4. The average Bonchev–Trinajstić information content (AvgIpc) is 2.68. The van der Waals surface area contributed by atoms with Gasteiger partial charge in [0, 0.05) is 6.07 Å². The molecule has 2 aromatic rings. The number of hydrogen-bond donors (Lipinski definition) is 0. The lowest BCUT2D eigenvalue weighted by atomic mass is 10.2. The van der Waals surface area contributed by atoms with Crippen LogP contribution in [0, 0.1) is 0 Å². The van der Waals surface area contributed by atoms with Gasteiger partial charge in [-0.15, -0.1) is 5.10 Å². The molecule has 84 valence electrons. The van der Waals surface area contributed by atoms with E-state index in [1.165, 1.54) is 0 Å². The minimum absolute atomic E-state index is 0.209. The standard InChI is InChI=1S/C11H14N4O/c1-11(2,3)16-10-6-4-5-9(7-10)15-8-12-13-14-15/h4-8H,1-3H3. The van der Waals surface area contributed by atoms with E-state index in [-0.39, 0.29) is 5.60 Å². The van der Waals surface area contributed by atoms with Gasteiger partial charge in [0.1, 0.15) is 17.7 Å². The van der Waals surface area contributed by atoms with Crippen LogP contribution in [0.2, 0.25) is 0 Å². The summed E-state index contributed by atoms with van der Waals surface area (Å²) in [6.07, 6.45) is 1.55. The predicted molar refractivity (Wildman–Crippen MR) is 59.5 cm³/mol. The lowest BCUT2D eigenvalue weighted by Crippen LogP contribution is -2.22. The third kappa shape index (κ3) is 2.56. The van der Waals surface area contributed by atoms with Crippen molar-refractivity contribution >= 4 is 0 Å². The van der Waals surface area contributed by atoms with E-state index < -0.39 is 0 Å². The molecule has 0 aliphatic carbocycles. The van der Waals surface area contributed by atoms with Crippen molar-refractivity contribution in [3.05, 3.63) is 30.6 Å². The van der Waals surface area contributed by atoms with Gasteiger partial charge in [0.15, 0.2) is 0 Å². The molecule has 0 radical (unpaired) electrons. The molecule has 0 bridgehead atoms. The molecule has 1 heterocycles. The molecule has 0 fully saturated rings. The molecule has 0 atom stereocenters. The maximum Gasteiger partial charge on any atom is 0.143 e. The van der Waals surface area contributed by atoms with Gasteiger partial charge in [-0.3, -0.25) is 0 Å². The maximum absolute atomic E-state index is 5.76. The highest BCUT2D eigenvalue weighted by Gasteiger charge is 2.12. The Morgan fingerprint density at radius 1 is 1.25 bits per heavy atom. The van der Waals surface area contributed by atoms with E-state index in [1.807, 2.05) is 45.0 Å². The molecule has 1 aromatic heterocycles. The highest BCUT2D eigenvalue weighted by molar-refractivity contribution is 5.38. The molecule has 0 saturated carbocycles. The molecule has 0 aliphatic heterocycles. The van der Waals surface area contributed by atoms with Crippen LogP contribution < -0.4 is 4.74 Å². The van der Waals surface area contributed by atoms with E-state index in [9.17, 15) is 0 Å². The van der Waals surface area contributed by atoms with Crippen LogP contribution in [-0.2, 0) is 0 Å². The second-order valence-corrected chi connectivity index (χ2v) is 4.47. The Bertz CT molecular complexity index is 459. The van der Waals surface area contributed by atoms with Crippen LogP contribution in [0.1, 0.15) is 20.8 Å². The molecule has 5 nitrogen and oxygen atoms in total. The number of hydrogen-bond acceptors (Lipinski definition) is 4. The van der Waals surface area contributed by atoms with Crippen LogP contribution in [0.4, 0.5) is 0 Å². The first-order valence-corrected chi connectivity index (χ1v) is 5.07. The van der Waals surface area contributed by atoms with Gasteiger partial charge >= 0.3 is 0 Å². The zero-order chi connectivity index (χ0) is 11.6. The average molecular weight is 218 g/mol. The third-order valence-corrected chi connectivity index (χ3v) is 1.86. The van der Waals surface area contributed by atoms with Crippen LogP contribution >= 0.6 is 0 Å². The van der Waals surface area contributed by atoms with Crippen molar-refractivity contribution in [2.24, 2.45) is 0 Å². The Kier molecular flexibility index (Phi) is 2.60. The van der Waals surface area contributed by atoms with E-state index in [2.05, 4.69) is 15.5 Å². The van der Waals surface area contributed by atoms with Gasteiger partial charge in [-0.25, -0.2) is 4.68 Å². The summed E-state index contributed by atoms with van der Waals surface area (Å²) in [5.74, 6) is 0.806. The van der Waals surface area contributed by atoms with Crippen LogP contribution in [0.25, 0.3) is 5.69 Å². The third-order valence-electron chi connectivity index (χ3n) is 1.86. The highest BCUT2D eigenvalue weighted by Crippen LogP contribution is 2.20. The van der Waals surface area contributed by atoms with Crippen molar-refractivity contribution in [2.45, 2.75) is 26.4 Å². The van der Waals surface area contributed by atoms with E-state index in [0.29, 0.717) is 0 Å². The molecule has 2 rings (SSSR count). The number of aromatic nitrogens is 4. The lowest BCUT2D eigenvalue weighted by Gasteiger charge is -2.21. The Balaban J connectivity index is 2.27. The largest absolute Gasteiger partial charge is 0.488 e. The molecule has 0 N–H and O–H groups in total. The summed E-state index contributed by atoms with van der Waals surface area (Å²) in [4.78, 5) is 0. The van der Waals surface area contributed by atoms with Gasteiger partial charge in [0.25, 0.3) is 0 Å². The smallest absolute Gasteiger partial charge is 0.143 e. The molecule has 0 spiro atoms. The summed E-state index contributed by atoms with van der Waals surface area (Å²) >= 11 is 0. The van der Waals surface area contributed by atoms with Gasteiger partial charge in [-0.2, -0.15) is 0 Å². The van der Waals surface area contributed by atoms with Gasteiger partial charge in [-0.1, -0.05) is 6.07 Å². The summed E-state index contributed by atoms with van der Waals surface area (Å²) in [7, 11) is 0. The van der Waals surface area contributed by atoms with E-state index in [0.717, 1.165) is 11.4 Å². The quantitative estimate of drug-likeness (QED) is 0.771. The Hall–Kier alpha value is -1.91. The van der Waals surface area contributed by atoms with Crippen molar-refractivity contribution < 1.29 is 4.74 Å². The molecule has 0 amide bonds. The Morgan fingerprint density at radius 3 is 2.69 bits per heavy atom. The first-order valence-electron chi connectivity index (χ1n) is 5.07. The number of tetrazole rings is 1. The fourth-order valence-corrected chi connectivity index (χ4v) is 1.32. The van der Waals surface area contributed by atoms with E-state index in [1.54, 1.807) is 11.0 Å². The maximum atomic E-state index is 5.76. The van der Waals surface area contributed by atoms with Crippen LogP contribution in [0.3, 0.4) is 0 Å². The summed E-state index contributed by atoms with van der Waals surface area (Å²) in [5, 5.41) is 11.0. The second-order valence-electron chi connectivity index (χ2n) is 4.47. The minimum atomic E-state index is -0.209. The lowest BCUT2D eigenvalue weighted by molar-refractivity contribution is 0.131. The van der Waals surface area contributed by atoms with Crippen LogP contribution in [-0.4, -0.2) is 25.8 Å². The Labute approximate surface area is 94.0 Å². The molecule has 5 heteroatoms. The first kappa shape index (κ1) is 10.6. The summed E-state index contributed by atoms with van der Waals surface area (Å²) < 4.78 is 7.35. The monoisotopic (exact) mass is 218 g/mol. The fourth-order valence-electron chi connectivity index (χ4n) is 1.32. The van der Waals surface area contributed by atoms with E-state index >= 15 is 0 Å². The van der Waals surface area contributed by atoms with Crippen LogP contribution in [0.15, 0.2) is 30.6 Å². The molecule has 0 unspecified atom stereocenters. The van der Waals surface area contributed by atoms with Crippen LogP contribution in [0.5, 0.6) is 5.75 Å². The number of nitrogens with zero attached hydrogens (tertiary/aromatic N) is 4. The Morgan fingerprint density at radius 2 is 2.06 bits per heavy atom. The van der Waals surface area contributed by atoms with Gasteiger partial charge in [-0.05, 0) is 43.3 Å². The summed E-state index contributed by atoms with van der Waals surface area (Å²) in [6, 6.07) is 7.66. The molecular weight excluding hydrogens is 204 g/mol. The van der Waals surface area contributed by atoms with Crippen molar-refractivity contribution in [2.75, 3.05) is 0 Å². The highest BCUT2D eigenvalue weighted by atomic mass is 16.5.